The predicted octanol–water partition coefficient (Wildman–Crippen LogP) is 3.36. The van der Waals surface area contributed by atoms with Crippen LogP contribution < -0.4 is 4.57 Å². The molecule has 0 fully saturated rings. The quantitative estimate of drug-likeness (QED) is 0.698. The summed E-state index contributed by atoms with van der Waals surface area (Å²) >= 11 is 0. The molecule has 0 unspecified atom stereocenters. The number of hydrogen-bond donors (Lipinski definition) is 0. The molecule has 0 aliphatic carbocycles. The fourth-order valence-electron chi connectivity index (χ4n) is 1.98. The fraction of sp³-hybridized carbons (Fsp3) is 0.312. The van der Waals surface area contributed by atoms with E-state index in [9.17, 15) is 0 Å². The van der Waals surface area contributed by atoms with Gasteiger partial charge in [0.2, 0.25) is 5.69 Å². The van der Waals surface area contributed by atoms with E-state index >= 15 is 0 Å². The highest BCUT2D eigenvalue weighted by molar-refractivity contribution is 5.61. The first-order valence-corrected chi connectivity index (χ1v) is 5.62. The van der Waals surface area contributed by atoms with E-state index in [1.165, 1.54) is 6.92 Å². The van der Waals surface area contributed by atoms with Crippen LogP contribution in [0.25, 0.3) is 11.3 Å². The molecule has 0 aliphatic rings. The molecular weight excluding hydrogens is 206 g/mol. The van der Waals surface area contributed by atoms with Crippen molar-refractivity contribution < 1.29 is 11.4 Å². The molecule has 0 saturated carbocycles. The maximum Gasteiger partial charge on any atom is 0.212 e. The van der Waals surface area contributed by atoms with Gasteiger partial charge in [0.15, 0.2) is 6.20 Å². The predicted molar refractivity (Wildman–Crippen MR) is 71.9 cm³/mol. The van der Waals surface area contributed by atoms with Gasteiger partial charge in [-0.3, -0.25) is 0 Å². The molecule has 0 amide bonds. The zero-order chi connectivity index (χ0) is 16.7. The van der Waals surface area contributed by atoms with Crippen molar-refractivity contribution in [1.82, 2.24) is 0 Å². The molecule has 2 aromatic rings. The topological polar surface area (TPSA) is 3.88 Å². The summed E-state index contributed by atoms with van der Waals surface area (Å²) in [6.45, 7) is 0.993. The summed E-state index contributed by atoms with van der Waals surface area (Å²) in [6.07, 6.45) is -0.130. The van der Waals surface area contributed by atoms with Crippen LogP contribution in [-0.2, 0) is 13.4 Å². The highest BCUT2D eigenvalue weighted by atomic mass is 14.9. The highest BCUT2D eigenvalue weighted by Crippen LogP contribution is 2.21. The van der Waals surface area contributed by atoms with Crippen molar-refractivity contribution in [1.29, 1.82) is 0 Å². The molecule has 0 radical (unpaired) electrons. The molecule has 0 aliphatic heterocycles. The first-order chi connectivity index (χ1) is 10.0. The molecule has 2 rings (SSSR count). The summed E-state index contributed by atoms with van der Waals surface area (Å²) < 4.78 is 40.8. The van der Waals surface area contributed by atoms with Crippen LogP contribution in [0.4, 0.5) is 0 Å². The van der Waals surface area contributed by atoms with Crippen LogP contribution in [0.1, 0.15) is 30.5 Å². The van der Waals surface area contributed by atoms with E-state index in [1.807, 2.05) is 31.2 Å². The number of rotatable bonds is 2. The Morgan fingerprint density at radius 1 is 1.29 bits per heavy atom. The van der Waals surface area contributed by atoms with Crippen LogP contribution in [0.2, 0.25) is 0 Å². The Morgan fingerprint density at radius 3 is 2.71 bits per heavy atom. The van der Waals surface area contributed by atoms with E-state index in [1.54, 1.807) is 23.9 Å². The third-order valence-electron chi connectivity index (χ3n) is 2.96. The molecule has 0 atom stereocenters. The molecule has 1 nitrogen and oxygen atoms in total. The van der Waals surface area contributed by atoms with Crippen molar-refractivity contribution in [3.8, 4) is 11.3 Å². The first-order valence-electron chi connectivity index (χ1n) is 8.12. The Labute approximate surface area is 111 Å². The molecule has 1 aromatic heterocycles. The van der Waals surface area contributed by atoms with Gasteiger partial charge in [0.25, 0.3) is 0 Å². The summed E-state index contributed by atoms with van der Waals surface area (Å²) in [6, 6.07) is 9.34. The van der Waals surface area contributed by atoms with E-state index < -0.39 is 13.2 Å². The molecular formula is C16H20N+. The maximum absolute atomic E-state index is 7.91. The van der Waals surface area contributed by atoms with Crippen LogP contribution in [0.3, 0.4) is 0 Å². The summed E-state index contributed by atoms with van der Waals surface area (Å²) in [5.74, 6) is 0. The van der Waals surface area contributed by atoms with Gasteiger partial charge in [0.05, 0.1) is 0 Å². The normalized spacial score (nSPS) is 16.5. The second-order valence-electron chi connectivity index (χ2n) is 4.16. The van der Waals surface area contributed by atoms with E-state index in [-0.39, 0.29) is 11.1 Å². The minimum Gasteiger partial charge on any atom is -0.201 e. The summed E-state index contributed by atoms with van der Waals surface area (Å²) in [5.41, 5.74) is 3.02. The van der Waals surface area contributed by atoms with Crippen molar-refractivity contribution in [2.45, 2.75) is 27.1 Å². The molecule has 1 aromatic carbocycles. The van der Waals surface area contributed by atoms with Gasteiger partial charge in [-0.2, -0.15) is 0 Å². The zero-order valence-corrected chi connectivity index (χ0v) is 10.4. The van der Waals surface area contributed by atoms with Gasteiger partial charge in [-0.25, -0.2) is 4.57 Å². The third kappa shape index (κ3) is 2.23. The zero-order valence-electron chi connectivity index (χ0n) is 15.4. The molecule has 1 heteroatoms. The molecule has 0 spiro atoms. The minimum absolute atomic E-state index is 0.0661. The molecule has 0 saturated heterocycles. The summed E-state index contributed by atoms with van der Waals surface area (Å²) in [5, 5.41) is 0. The van der Waals surface area contributed by atoms with Crippen LogP contribution >= 0.6 is 0 Å². The van der Waals surface area contributed by atoms with Gasteiger partial charge in [-0.05, 0) is 37.3 Å². The third-order valence-corrected chi connectivity index (χ3v) is 2.96. The number of aromatic nitrogens is 1. The lowest BCUT2D eigenvalue weighted by Crippen LogP contribution is -2.32. The Kier molecular flexibility index (Phi) is 1.92. The van der Waals surface area contributed by atoms with Gasteiger partial charge in [-0.1, -0.05) is 25.1 Å². The van der Waals surface area contributed by atoms with Gasteiger partial charge in [-0.15, -0.1) is 0 Å². The second kappa shape index (κ2) is 4.70. The average Bonchev–Trinajstić information content (AvgIpc) is 2.37. The number of pyridine rings is 1. The minimum atomic E-state index is -2.36. The van der Waals surface area contributed by atoms with Gasteiger partial charge in [0.1, 0.15) is 7.05 Å². The largest absolute Gasteiger partial charge is 0.212 e. The van der Waals surface area contributed by atoms with Crippen LogP contribution in [-0.4, -0.2) is 0 Å². The monoisotopic (exact) mass is 231 g/mol. The lowest BCUT2D eigenvalue weighted by Gasteiger charge is -2.07. The Hall–Kier alpha value is -1.63. The molecule has 88 valence electrons. The standard InChI is InChI=1S/C16H20N/c1-5-14-11-17(4)16(10-13(14)3)15-9-7-6-8-12(15)2/h6-11H,5H2,1-4H3/q+1/i3D3,5D2. The summed E-state index contributed by atoms with van der Waals surface area (Å²) in [4.78, 5) is 0. The summed E-state index contributed by atoms with van der Waals surface area (Å²) in [7, 11) is 1.81. The van der Waals surface area contributed by atoms with Gasteiger partial charge >= 0.3 is 0 Å². The lowest BCUT2D eigenvalue weighted by molar-refractivity contribution is -0.660. The van der Waals surface area contributed by atoms with E-state index in [0.717, 1.165) is 16.8 Å². The van der Waals surface area contributed by atoms with Gasteiger partial charge in [0, 0.05) is 24.0 Å². The van der Waals surface area contributed by atoms with Crippen molar-refractivity contribution in [2.75, 3.05) is 0 Å². The number of benzene rings is 1. The maximum atomic E-state index is 7.91. The smallest absolute Gasteiger partial charge is 0.201 e. The fourth-order valence-corrected chi connectivity index (χ4v) is 1.98. The van der Waals surface area contributed by atoms with Crippen LogP contribution in [0.5, 0.6) is 0 Å². The van der Waals surface area contributed by atoms with Crippen molar-refractivity contribution in [2.24, 2.45) is 7.05 Å². The Bertz CT molecular complexity index is 699. The number of nitrogens with zero attached hydrogens (tertiary/aromatic N) is 1. The van der Waals surface area contributed by atoms with Crippen molar-refractivity contribution in [3.63, 3.8) is 0 Å². The Balaban J connectivity index is 2.77. The number of hydrogen-bond acceptors (Lipinski definition) is 0. The highest BCUT2D eigenvalue weighted by Gasteiger charge is 2.14. The molecule has 0 bridgehead atoms. The van der Waals surface area contributed by atoms with Crippen molar-refractivity contribution >= 4 is 0 Å². The van der Waals surface area contributed by atoms with Crippen LogP contribution in [0.15, 0.2) is 36.5 Å². The first kappa shape index (κ1) is 6.95. The van der Waals surface area contributed by atoms with E-state index in [4.69, 9.17) is 6.85 Å². The lowest BCUT2D eigenvalue weighted by atomic mass is 10.0. The SMILES string of the molecule is [2H]C([2H])([2H])c1cc(-c2ccccc2C)[n+](C)cc1C([2H])([2H])C. The molecule has 0 N–H and O–H groups in total. The Morgan fingerprint density at radius 2 is 2.06 bits per heavy atom. The molecule has 17 heavy (non-hydrogen) atoms. The van der Waals surface area contributed by atoms with E-state index in [0.29, 0.717) is 0 Å². The number of aryl methyl sites for hydroxylation is 4. The van der Waals surface area contributed by atoms with E-state index in [2.05, 4.69) is 0 Å². The van der Waals surface area contributed by atoms with Gasteiger partial charge < -0.3 is 0 Å². The molecule has 1 heterocycles. The second-order valence-corrected chi connectivity index (χ2v) is 4.16. The van der Waals surface area contributed by atoms with Crippen molar-refractivity contribution in [3.05, 3.63) is 53.2 Å². The average molecular weight is 231 g/mol. The van der Waals surface area contributed by atoms with Crippen LogP contribution in [0, 0.1) is 13.8 Å².